The Morgan fingerprint density at radius 2 is 1.71 bits per heavy atom. The minimum Gasteiger partial charge on any atom is -0.444 e. The van der Waals surface area contributed by atoms with Gasteiger partial charge in [0, 0.05) is 27.3 Å². The van der Waals surface area contributed by atoms with Gasteiger partial charge in [-0.3, -0.25) is 9.36 Å². The van der Waals surface area contributed by atoms with Gasteiger partial charge in [0.05, 0.1) is 0 Å². The van der Waals surface area contributed by atoms with E-state index in [0.29, 0.717) is 13.1 Å². The van der Waals surface area contributed by atoms with Gasteiger partial charge in [0.1, 0.15) is 11.8 Å². The minimum atomic E-state index is -3.32. The number of ketones is 1. The van der Waals surface area contributed by atoms with Crippen LogP contribution in [0.5, 0.6) is 0 Å². The maximum atomic E-state index is 12.0. The molecule has 1 aliphatic rings. The zero-order valence-corrected chi connectivity index (χ0v) is 16.0. The first-order valence-electron chi connectivity index (χ1n) is 7.98. The molecular weight excluding hydrogens is 333 g/mol. The van der Waals surface area contributed by atoms with Gasteiger partial charge in [0.2, 0.25) is 0 Å². The maximum absolute atomic E-state index is 12.0. The number of piperidine rings is 1. The van der Waals surface area contributed by atoms with E-state index in [-0.39, 0.29) is 24.0 Å². The Morgan fingerprint density at radius 1 is 1.17 bits per heavy atom. The molecule has 1 aliphatic heterocycles. The summed E-state index contributed by atoms with van der Waals surface area (Å²) < 4.78 is 26.7. The number of nitrogens with zero attached hydrogens (tertiary/aromatic N) is 1. The number of hydrogen-bond acceptors (Lipinski definition) is 6. The van der Waals surface area contributed by atoms with Crippen LogP contribution in [0.1, 0.15) is 33.6 Å². The van der Waals surface area contributed by atoms with E-state index in [4.69, 9.17) is 13.8 Å². The number of hydrogen-bond donors (Lipinski definition) is 0. The first-order valence-corrected chi connectivity index (χ1v) is 9.71. The number of amides is 1. The first kappa shape index (κ1) is 20.9. The molecule has 0 radical (unpaired) electrons. The lowest BCUT2D eigenvalue weighted by molar-refractivity contribution is -0.112. The van der Waals surface area contributed by atoms with Gasteiger partial charge in [-0.2, -0.15) is 0 Å². The van der Waals surface area contributed by atoms with Gasteiger partial charge in [0.15, 0.2) is 5.78 Å². The lowest BCUT2D eigenvalue weighted by atomic mass is 9.96. The molecule has 1 rings (SSSR count). The third kappa shape index (κ3) is 7.16. The van der Waals surface area contributed by atoms with Crippen LogP contribution in [0.15, 0.2) is 12.2 Å². The van der Waals surface area contributed by atoms with Crippen LogP contribution in [-0.4, -0.2) is 55.8 Å². The number of carbonyl (C=O) groups is 2. The number of carbonyl (C=O) groups excluding carboxylic acids is 2. The molecule has 138 valence electrons. The summed E-state index contributed by atoms with van der Waals surface area (Å²) in [6, 6.07) is 0. The highest BCUT2D eigenvalue weighted by molar-refractivity contribution is 7.54. The zero-order valence-electron chi connectivity index (χ0n) is 15.1. The van der Waals surface area contributed by atoms with Crippen molar-refractivity contribution in [1.82, 2.24) is 4.90 Å². The van der Waals surface area contributed by atoms with E-state index in [0.717, 1.165) is 12.8 Å². The molecule has 0 N–H and O–H groups in total. The lowest BCUT2D eigenvalue weighted by Crippen LogP contribution is -2.41. The number of ether oxygens (including phenoxy) is 1. The second kappa shape index (κ2) is 8.79. The first-order chi connectivity index (χ1) is 11.1. The van der Waals surface area contributed by atoms with Crippen molar-refractivity contribution >= 4 is 19.5 Å². The van der Waals surface area contributed by atoms with Gasteiger partial charge in [0.25, 0.3) is 0 Å². The van der Waals surface area contributed by atoms with Crippen LogP contribution in [0.3, 0.4) is 0 Å². The molecule has 8 heteroatoms. The summed E-state index contributed by atoms with van der Waals surface area (Å²) in [5.74, 6) is -0.0892. The predicted octanol–water partition coefficient (Wildman–Crippen LogP) is 3.24. The molecule has 7 nitrogen and oxygen atoms in total. The van der Waals surface area contributed by atoms with Gasteiger partial charge >= 0.3 is 13.7 Å². The van der Waals surface area contributed by atoms with E-state index >= 15 is 0 Å². The minimum absolute atomic E-state index is 0.206. The average Bonchev–Trinajstić information content (AvgIpc) is 2.51. The molecule has 0 saturated carbocycles. The highest BCUT2D eigenvalue weighted by Crippen LogP contribution is 2.46. The van der Waals surface area contributed by atoms with Crippen LogP contribution in [-0.2, 0) is 23.1 Å². The zero-order chi connectivity index (χ0) is 18.4. The summed E-state index contributed by atoms with van der Waals surface area (Å²) in [6.07, 6.45) is 4.18. The molecule has 0 atom stereocenters. The second-order valence-corrected chi connectivity index (χ2v) is 9.03. The molecule has 1 amide bonds. The third-order valence-electron chi connectivity index (χ3n) is 3.65. The summed E-state index contributed by atoms with van der Waals surface area (Å²) in [5, 5.41) is 0. The van der Waals surface area contributed by atoms with Crippen molar-refractivity contribution in [3.8, 4) is 0 Å². The molecule has 0 spiro atoms. The molecule has 0 aromatic carbocycles. The van der Waals surface area contributed by atoms with Gasteiger partial charge in [-0.15, -0.1) is 0 Å². The molecular formula is C16H28NO6P. The van der Waals surface area contributed by atoms with Crippen molar-refractivity contribution in [1.29, 1.82) is 0 Å². The molecule has 0 aliphatic carbocycles. The van der Waals surface area contributed by atoms with E-state index in [9.17, 15) is 14.2 Å². The SMILES string of the molecule is COP(=O)(CC(=O)C=CC1CCN(C(=O)OC(C)(C)C)CC1)OC. The predicted molar refractivity (Wildman–Crippen MR) is 91.2 cm³/mol. The van der Waals surface area contributed by atoms with Crippen LogP contribution in [0.25, 0.3) is 0 Å². The van der Waals surface area contributed by atoms with Gasteiger partial charge in [-0.25, -0.2) is 4.79 Å². The van der Waals surface area contributed by atoms with E-state index in [2.05, 4.69) is 0 Å². The van der Waals surface area contributed by atoms with Crippen LogP contribution < -0.4 is 0 Å². The summed E-state index contributed by atoms with van der Waals surface area (Å²) >= 11 is 0. The molecule has 24 heavy (non-hydrogen) atoms. The van der Waals surface area contributed by atoms with Crippen molar-refractivity contribution in [2.75, 3.05) is 33.5 Å². The van der Waals surface area contributed by atoms with Crippen molar-refractivity contribution < 1.29 is 27.9 Å². The molecule has 1 fully saturated rings. The molecule has 1 heterocycles. The Kier molecular flexibility index (Phi) is 7.64. The van der Waals surface area contributed by atoms with Crippen LogP contribution in [0, 0.1) is 5.92 Å². The number of rotatable bonds is 6. The summed E-state index contributed by atoms with van der Waals surface area (Å²) in [6.45, 7) is 6.69. The topological polar surface area (TPSA) is 82.1 Å². The smallest absolute Gasteiger partial charge is 0.410 e. The fraction of sp³-hybridized carbons (Fsp3) is 0.750. The average molecular weight is 361 g/mol. The highest BCUT2D eigenvalue weighted by Gasteiger charge is 2.27. The fourth-order valence-electron chi connectivity index (χ4n) is 2.29. The molecule has 1 saturated heterocycles. The summed E-state index contributed by atoms with van der Waals surface area (Å²) in [5.41, 5.74) is -0.503. The van der Waals surface area contributed by atoms with E-state index < -0.39 is 13.2 Å². The quantitative estimate of drug-likeness (QED) is 0.533. The Bertz CT molecular complexity index is 509. The fourth-order valence-corrected chi connectivity index (χ4v) is 3.19. The summed E-state index contributed by atoms with van der Waals surface area (Å²) in [4.78, 5) is 25.5. The van der Waals surface area contributed by atoms with Gasteiger partial charge in [-0.1, -0.05) is 6.08 Å². The van der Waals surface area contributed by atoms with Crippen molar-refractivity contribution in [2.45, 2.75) is 39.2 Å². The third-order valence-corrected chi connectivity index (χ3v) is 5.46. The Balaban J connectivity index is 2.44. The monoisotopic (exact) mass is 361 g/mol. The standard InChI is InChI=1S/C16H28NO6P/c1-16(2,3)23-15(19)17-10-8-13(9-11-17)6-7-14(18)12-24(20,21-4)22-5/h6-7,13H,8-12H2,1-5H3. The van der Waals surface area contributed by atoms with Crippen molar-refractivity contribution in [3.63, 3.8) is 0 Å². The Labute approximate surface area is 143 Å². The normalized spacial score (nSPS) is 17.3. The number of allylic oxidation sites excluding steroid dienone is 2. The van der Waals surface area contributed by atoms with Crippen molar-refractivity contribution in [2.24, 2.45) is 5.92 Å². The van der Waals surface area contributed by atoms with Gasteiger partial charge in [-0.05, 0) is 45.6 Å². The van der Waals surface area contributed by atoms with Crippen LogP contribution in [0.2, 0.25) is 0 Å². The molecule has 0 aromatic heterocycles. The second-order valence-electron chi connectivity index (χ2n) is 6.76. The van der Waals surface area contributed by atoms with E-state index in [1.165, 1.54) is 20.3 Å². The lowest BCUT2D eigenvalue weighted by Gasteiger charge is -2.32. The van der Waals surface area contributed by atoms with Gasteiger partial charge < -0.3 is 18.7 Å². The van der Waals surface area contributed by atoms with Crippen molar-refractivity contribution in [3.05, 3.63) is 12.2 Å². The maximum Gasteiger partial charge on any atom is 0.410 e. The summed E-state index contributed by atoms with van der Waals surface area (Å²) in [7, 11) is -0.805. The van der Waals surface area contributed by atoms with E-state index in [1.54, 1.807) is 4.90 Å². The Morgan fingerprint density at radius 3 is 2.17 bits per heavy atom. The Hall–Kier alpha value is -1.17. The van der Waals surface area contributed by atoms with Crippen LogP contribution in [0.4, 0.5) is 4.79 Å². The molecule has 0 unspecified atom stereocenters. The highest BCUT2D eigenvalue weighted by atomic mass is 31.2. The number of likely N-dealkylation sites (tertiary alicyclic amines) is 1. The van der Waals surface area contributed by atoms with E-state index in [1.807, 2.05) is 26.8 Å². The molecule has 0 aromatic rings. The van der Waals surface area contributed by atoms with Crippen LogP contribution >= 0.6 is 7.60 Å². The largest absolute Gasteiger partial charge is 0.444 e. The molecule has 0 bridgehead atoms.